The number of nitrogens with zero attached hydrogens (tertiary/aromatic N) is 3. The van der Waals surface area contributed by atoms with Gasteiger partial charge in [-0.05, 0) is 31.2 Å². The van der Waals surface area contributed by atoms with Crippen LogP contribution in [-0.4, -0.2) is 29.3 Å². The zero-order valence-electron chi connectivity index (χ0n) is 12.9. The second-order valence-corrected chi connectivity index (χ2v) is 5.32. The van der Waals surface area contributed by atoms with Crippen molar-refractivity contribution >= 4 is 11.6 Å². The van der Waals surface area contributed by atoms with Crippen LogP contribution in [0.2, 0.25) is 0 Å². The number of carbonyl (C=O) groups excluding carboxylic acids is 1. The van der Waals surface area contributed by atoms with Crippen LogP contribution in [-0.2, 0) is 19.5 Å². The molecule has 0 saturated heterocycles. The molecule has 0 saturated carbocycles. The van der Waals surface area contributed by atoms with Crippen LogP contribution in [0.25, 0.3) is 0 Å². The lowest BCUT2D eigenvalue weighted by Crippen LogP contribution is -2.32. The van der Waals surface area contributed by atoms with Gasteiger partial charge in [0.1, 0.15) is 5.75 Å². The monoisotopic (exact) mass is 300 g/mol. The van der Waals surface area contributed by atoms with Crippen LogP contribution in [0.3, 0.4) is 0 Å². The maximum atomic E-state index is 11.6. The third-order valence-electron chi connectivity index (χ3n) is 4.10. The molecular weight excluding hydrogens is 280 g/mol. The minimum atomic E-state index is -0.458. The Morgan fingerprint density at radius 3 is 2.68 bits per heavy atom. The van der Waals surface area contributed by atoms with Crippen molar-refractivity contribution in [3.05, 3.63) is 41.2 Å². The number of nitrogens with two attached hydrogens (primary N) is 1. The van der Waals surface area contributed by atoms with E-state index >= 15 is 0 Å². The fourth-order valence-corrected chi connectivity index (χ4v) is 2.96. The average Bonchev–Trinajstić information content (AvgIpc) is 2.93. The summed E-state index contributed by atoms with van der Waals surface area (Å²) in [7, 11) is 1.65. The highest BCUT2D eigenvalue weighted by Crippen LogP contribution is 2.28. The molecule has 2 N–H and O–H groups in total. The Morgan fingerprint density at radius 1 is 1.36 bits per heavy atom. The molecule has 1 aromatic carbocycles. The summed E-state index contributed by atoms with van der Waals surface area (Å²) in [4.78, 5) is 13.9. The molecule has 0 bridgehead atoms. The summed E-state index contributed by atoms with van der Waals surface area (Å²) in [5, 5.41) is 4.36. The van der Waals surface area contributed by atoms with Crippen molar-refractivity contribution in [1.82, 2.24) is 9.78 Å². The topological polar surface area (TPSA) is 73.4 Å². The lowest BCUT2D eigenvalue weighted by molar-refractivity contribution is 0.0994. The van der Waals surface area contributed by atoms with E-state index < -0.39 is 5.91 Å². The van der Waals surface area contributed by atoms with Gasteiger partial charge in [-0.3, -0.25) is 9.48 Å². The first kappa shape index (κ1) is 14.4. The van der Waals surface area contributed by atoms with Gasteiger partial charge in [-0.15, -0.1) is 0 Å². The van der Waals surface area contributed by atoms with Crippen LogP contribution in [0.5, 0.6) is 5.75 Å². The highest BCUT2D eigenvalue weighted by atomic mass is 16.5. The minimum absolute atomic E-state index is 0.398. The molecule has 1 aliphatic rings. The number of rotatable bonds is 4. The predicted octanol–water partition coefficient (Wildman–Crippen LogP) is 1.57. The summed E-state index contributed by atoms with van der Waals surface area (Å²) in [6, 6.07) is 7.93. The highest BCUT2D eigenvalue weighted by Gasteiger charge is 2.26. The Balaban J connectivity index is 1.92. The van der Waals surface area contributed by atoms with Gasteiger partial charge in [0.25, 0.3) is 5.91 Å². The number of carbonyl (C=O) groups is 1. The van der Waals surface area contributed by atoms with Crippen LogP contribution in [0.4, 0.5) is 5.69 Å². The largest absolute Gasteiger partial charge is 0.497 e. The van der Waals surface area contributed by atoms with Crippen molar-refractivity contribution < 1.29 is 9.53 Å². The first-order chi connectivity index (χ1) is 10.6. The number of ether oxygens (including phenoxy) is 1. The van der Waals surface area contributed by atoms with Crippen molar-refractivity contribution in [2.45, 2.75) is 26.4 Å². The number of primary amides is 1. The molecule has 1 aromatic heterocycles. The molecule has 1 amide bonds. The van der Waals surface area contributed by atoms with Crippen molar-refractivity contribution in [3.8, 4) is 5.75 Å². The summed E-state index contributed by atoms with van der Waals surface area (Å²) in [6.07, 6.45) is 0.857. The number of hydrogen-bond acceptors (Lipinski definition) is 4. The third-order valence-corrected chi connectivity index (χ3v) is 4.10. The van der Waals surface area contributed by atoms with E-state index in [-0.39, 0.29) is 0 Å². The number of fused-ring (bicyclic) bond motifs is 1. The summed E-state index contributed by atoms with van der Waals surface area (Å²) < 4.78 is 7.08. The van der Waals surface area contributed by atoms with E-state index in [4.69, 9.17) is 10.5 Å². The standard InChI is InChI=1S/C16H20N4O2/c1-3-20-14-8-9-19(10-13(14)15(18-20)16(17)21)11-4-6-12(22-2)7-5-11/h4-7H,3,8-10H2,1-2H3,(H2,17,21). The molecule has 0 unspecified atom stereocenters. The van der Waals surface area contributed by atoms with Crippen molar-refractivity contribution in [2.75, 3.05) is 18.6 Å². The molecule has 22 heavy (non-hydrogen) atoms. The van der Waals surface area contributed by atoms with Crippen LogP contribution in [0.1, 0.15) is 28.7 Å². The fraction of sp³-hybridized carbons (Fsp3) is 0.375. The maximum Gasteiger partial charge on any atom is 0.269 e. The van der Waals surface area contributed by atoms with Gasteiger partial charge in [0.05, 0.1) is 7.11 Å². The van der Waals surface area contributed by atoms with E-state index in [0.29, 0.717) is 12.2 Å². The molecule has 3 rings (SSSR count). The molecule has 0 fully saturated rings. The Labute approximate surface area is 129 Å². The van der Waals surface area contributed by atoms with E-state index in [9.17, 15) is 4.79 Å². The molecule has 116 valence electrons. The van der Waals surface area contributed by atoms with E-state index in [2.05, 4.69) is 10.00 Å². The van der Waals surface area contributed by atoms with E-state index in [1.807, 2.05) is 35.9 Å². The molecule has 1 aliphatic heterocycles. The highest BCUT2D eigenvalue weighted by molar-refractivity contribution is 5.92. The molecule has 6 nitrogen and oxygen atoms in total. The van der Waals surface area contributed by atoms with E-state index in [1.54, 1.807) is 7.11 Å². The summed E-state index contributed by atoms with van der Waals surface area (Å²) >= 11 is 0. The maximum absolute atomic E-state index is 11.6. The van der Waals surface area contributed by atoms with Crippen molar-refractivity contribution in [3.63, 3.8) is 0 Å². The lowest BCUT2D eigenvalue weighted by Gasteiger charge is -2.29. The summed E-state index contributed by atoms with van der Waals surface area (Å²) in [5.41, 5.74) is 9.06. The van der Waals surface area contributed by atoms with Gasteiger partial charge < -0.3 is 15.4 Å². The molecule has 0 aliphatic carbocycles. The first-order valence-electron chi connectivity index (χ1n) is 7.41. The van der Waals surface area contributed by atoms with Gasteiger partial charge in [0.15, 0.2) is 5.69 Å². The Bertz CT molecular complexity index is 691. The molecule has 2 heterocycles. The average molecular weight is 300 g/mol. The van der Waals surface area contributed by atoms with Crippen molar-refractivity contribution in [2.24, 2.45) is 5.73 Å². The Morgan fingerprint density at radius 2 is 2.09 bits per heavy atom. The van der Waals surface area contributed by atoms with Crippen LogP contribution >= 0.6 is 0 Å². The number of aryl methyl sites for hydroxylation is 1. The van der Waals surface area contributed by atoms with Gasteiger partial charge in [0, 0.05) is 43.0 Å². The zero-order valence-corrected chi connectivity index (χ0v) is 12.9. The smallest absolute Gasteiger partial charge is 0.269 e. The molecule has 0 atom stereocenters. The SMILES string of the molecule is CCn1nc(C(N)=O)c2c1CCN(c1ccc(OC)cc1)C2. The Kier molecular flexibility index (Phi) is 3.75. The van der Waals surface area contributed by atoms with Gasteiger partial charge in [0.2, 0.25) is 0 Å². The fourth-order valence-electron chi connectivity index (χ4n) is 2.96. The third kappa shape index (κ3) is 2.41. The van der Waals surface area contributed by atoms with Crippen LogP contribution in [0.15, 0.2) is 24.3 Å². The first-order valence-corrected chi connectivity index (χ1v) is 7.41. The number of amides is 1. The normalized spacial score (nSPS) is 13.8. The van der Waals surface area contributed by atoms with E-state index in [1.165, 1.54) is 0 Å². The number of benzene rings is 1. The van der Waals surface area contributed by atoms with Gasteiger partial charge in [-0.2, -0.15) is 5.10 Å². The predicted molar refractivity (Wildman–Crippen MR) is 84.2 cm³/mol. The molecule has 0 radical (unpaired) electrons. The van der Waals surface area contributed by atoms with Crippen LogP contribution in [0, 0.1) is 0 Å². The zero-order chi connectivity index (χ0) is 15.7. The number of anilines is 1. The minimum Gasteiger partial charge on any atom is -0.497 e. The summed E-state index contributed by atoms with van der Waals surface area (Å²) in [6.45, 7) is 4.31. The van der Waals surface area contributed by atoms with Gasteiger partial charge >= 0.3 is 0 Å². The second kappa shape index (κ2) is 5.71. The van der Waals surface area contributed by atoms with Gasteiger partial charge in [-0.25, -0.2) is 0 Å². The second-order valence-electron chi connectivity index (χ2n) is 5.32. The quantitative estimate of drug-likeness (QED) is 0.930. The Hall–Kier alpha value is -2.50. The van der Waals surface area contributed by atoms with E-state index in [0.717, 1.165) is 42.2 Å². The molecular formula is C16H20N4O2. The molecule has 6 heteroatoms. The van der Waals surface area contributed by atoms with Crippen LogP contribution < -0.4 is 15.4 Å². The van der Waals surface area contributed by atoms with Gasteiger partial charge in [-0.1, -0.05) is 0 Å². The number of aromatic nitrogens is 2. The summed E-state index contributed by atoms with van der Waals surface area (Å²) in [5.74, 6) is 0.373. The molecule has 0 spiro atoms. The van der Waals surface area contributed by atoms with Crippen molar-refractivity contribution in [1.29, 1.82) is 0 Å². The number of methoxy groups -OCH3 is 1. The molecule has 2 aromatic rings. The number of hydrogen-bond donors (Lipinski definition) is 1. The lowest BCUT2D eigenvalue weighted by atomic mass is 10.0.